The zero-order valence-corrected chi connectivity index (χ0v) is 12.1. The molecule has 0 spiro atoms. The Morgan fingerprint density at radius 1 is 1.37 bits per heavy atom. The first-order chi connectivity index (χ1) is 9.22. The Morgan fingerprint density at radius 2 is 2.11 bits per heavy atom. The van der Waals surface area contributed by atoms with E-state index in [0.29, 0.717) is 11.1 Å². The van der Waals surface area contributed by atoms with Crippen molar-refractivity contribution < 1.29 is 4.39 Å². The van der Waals surface area contributed by atoms with Crippen LogP contribution in [0.25, 0.3) is 0 Å². The Bertz CT molecular complexity index is 452. The van der Waals surface area contributed by atoms with Gasteiger partial charge < -0.3 is 5.32 Å². The van der Waals surface area contributed by atoms with Crippen molar-refractivity contribution in [2.45, 2.75) is 38.6 Å². The van der Waals surface area contributed by atoms with Crippen LogP contribution in [-0.4, -0.2) is 12.6 Å². The van der Waals surface area contributed by atoms with Crippen LogP contribution in [-0.2, 0) is 6.42 Å². The van der Waals surface area contributed by atoms with Crippen molar-refractivity contribution in [3.63, 3.8) is 0 Å². The van der Waals surface area contributed by atoms with Gasteiger partial charge in [0.2, 0.25) is 0 Å². The Hall–Kier alpha value is -0.600. The van der Waals surface area contributed by atoms with E-state index >= 15 is 0 Å². The summed E-state index contributed by atoms with van der Waals surface area (Å²) in [6.07, 6.45) is 5.01. The predicted molar refractivity (Wildman–Crippen MR) is 76.9 cm³/mol. The van der Waals surface area contributed by atoms with Crippen LogP contribution in [0.15, 0.2) is 18.2 Å². The highest BCUT2D eigenvalue weighted by Gasteiger charge is 2.55. The van der Waals surface area contributed by atoms with Gasteiger partial charge in [-0.3, -0.25) is 0 Å². The molecule has 0 aliphatic heterocycles. The molecular formula is C16H21ClFN. The molecule has 0 radical (unpaired) electrons. The fraction of sp³-hybridized carbons (Fsp3) is 0.625. The van der Waals surface area contributed by atoms with Crippen LogP contribution in [0.1, 0.15) is 31.7 Å². The molecule has 0 amide bonds. The van der Waals surface area contributed by atoms with Gasteiger partial charge in [0.05, 0.1) is 5.02 Å². The molecule has 3 rings (SSSR count). The van der Waals surface area contributed by atoms with Crippen LogP contribution in [0.4, 0.5) is 4.39 Å². The number of likely N-dealkylation sites (N-methyl/N-ethyl adjacent to an activating group) is 1. The number of nitrogens with one attached hydrogen (secondary N) is 1. The quantitative estimate of drug-likeness (QED) is 0.859. The van der Waals surface area contributed by atoms with Gasteiger partial charge in [-0.05, 0) is 55.2 Å². The van der Waals surface area contributed by atoms with Gasteiger partial charge in [0, 0.05) is 6.04 Å². The van der Waals surface area contributed by atoms with Crippen molar-refractivity contribution in [2.75, 3.05) is 6.54 Å². The molecule has 3 heteroatoms. The second-order valence-corrected chi connectivity index (χ2v) is 6.30. The molecule has 2 saturated carbocycles. The third kappa shape index (κ3) is 2.53. The Labute approximate surface area is 119 Å². The molecule has 0 heterocycles. The predicted octanol–water partition coefficient (Wildman–Crippen LogP) is 4.05. The third-order valence-corrected chi connectivity index (χ3v) is 5.30. The first kappa shape index (κ1) is 13.4. The average Bonchev–Trinajstić information content (AvgIpc) is 2.87. The second-order valence-electron chi connectivity index (χ2n) is 5.92. The highest BCUT2D eigenvalue weighted by Crippen LogP contribution is 2.59. The number of fused-ring (bicyclic) bond motifs is 1. The lowest BCUT2D eigenvalue weighted by atomic mass is 9.97. The molecule has 0 aromatic heterocycles. The van der Waals surface area contributed by atoms with Crippen molar-refractivity contribution in [1.29, 1.82) is 0 Å². The molecule has 2 aliphatic rings. The van der Waals surface area contributed by atoms with Crippen LogP contribution in [0, 0.1) is 23.6 Å². The molecule has 3 unspecified atom stereocenters. The van der Waals surface area contributed by atoms with E-state index in [1.807, 2.05) is 6.07 Å². The van der Waals surface area contributed by atoms with Crippen molar-refractivity contribution >= 4 is 11.6 Å². The lowest BCUT2D eigenvalue weighted by molar-refractivity contribution is 0.410. The fourth-order valence-electron chi connectivity index (χ4n) is 4.02. The first-order valence-electron chi connectivity index (χ1n) is 7.38. The van der Waals surface area contributed by atoms with Gasteiger partial charge in [0.15, 0.2) is 0 Å². The molecule has 2 aliphatic carbocycles. The summed E-state index contributed by atoms with van der Waals surface area (Å²) in [5, 5.41) is 3.89. The third-order valence-electron chi connectivity index (χ3n) is 4.88. The minimum absolute atomic E-state index is 0.301. The lowest BCUT2D eigenvalue weighted by Crippen LogP contribution is -2.34. The van der Waals surface area contributed by atoms with Crippen LogP contribution < -0.4 is 5.32 Å². The van der Waals surface area contributed by atoms with Crippen LogP contribution >= 0.6 is 11.6 Å². The highest BCUT2D eigenvalue weighted by molar-refractivity contribution is 6.31. The molecule has 1 N–H and O–H groups in total. The van der Waals surface area contributed by atoms with Gasteiger partial charge in [0.25, 0.3) is 0 Å². The molecule has 104 valence electrons. The molecule has 1 aromatic carbocycles. The van der Waals surface area contributed by atoms with Gasteiger partial charge >= 0.3 is 0 Å². The van der Waals surface area contributed by atoms with E-state index in [0.717, 1.165) is 36.3 Å². The molecule has 2 fully saturated rings. The minimum Gasteiger partial charge on any atom is -0.314 e. The van der Waals surface area contributed by atoms with E-state index in [2.05, 4.69) is 12.2 Å². The monoisotopic (exact) mass is 281 g/mol. The van der Waals surface area contributed by atoms with E-state index in [1.165, 1.54) is 25.3 Å². The summed E-state index contributed by atoms with van der Waals surface area (Å²) >= 11 is 6.08. The number of rotatable bonds is 5. The average molecular weight is 282 g/mol. The number of benzene rings is 1. The van der Waals surface area contributed by atoms with Gasteiger partial charge in [0.1, 0.15) is 5.82 Å². The van der Waals surface area contributed by atoms with Crippen molar-refractivity contribution in [1.82, 2.24) is 5.32 Å². The largest absolute Gasteiger partial charge is 0.314 e. The topological polar surface area (TPSA) is 12.0 Å². The Morgan fingerprint density at radius 3 is 2.79 bits per heavy atom. The number of halogens is 2. The van der Waals surface area contributed by atoms with Gasteiger partial charge in [-0.15, -0.1) is 0 Å². The molecular weight excluding hydrogens is 261 g/mol. The van der Waals surface area contributed by atoms with Crippen LogP contribution in [0.3, 0.4) is 0 Å². The molecule has 19 heavy (non-hydrogen) atoms. The summed E-state index contributed by atoms with van der Waals surface area (Å²) in [5.41, 5.74) is 0.942. The van der Waals surface area contributed by atoms with E-state index in [1.54, 1.807) is 6.07 Å². The van der Waals surface area contributed by atoms with Gasteiger partial charge in [-0.25, -0.2) is 4.39 Å². The number of hydrogen-bond acceptors (Lipinski definition) is 1. The summed E-state index contributed by atoms with van der Waals surface area (Å²) in [6, 6.07) is 5.60. The molecule has 0 saturated heterocycles. The second kappa shape index (κ2) is 5.41. The van der Waals surface area contributed by atoms with Crippen molar-refractivity contribution in [3.8, 4) is 0 Å². The van der Waals surface area contributed by atoms with E-state index in [9.17, 15) is 4.39 Å². The zero-order chi connectivity index (χ0) is 13.4. The fourth-order valence-corrected chi connectivity index (χ4v) is 4.23. The van der Waals surface area contributed by atoms with Crippen LogP contribution in [0.5, 0.6) is 0 Å². The maximum Gasteiger partial charge on any atom is 0.142 e. The zero-order valence-electron chi connectivity index (χ0n) is 11.3. The van der Waals surface area contributed by atoms with Gasteiger partial charge in [-0.2, -0.15) is 0 Å². The van der Waals surface area contributed by atoms with Crippen molar-refractivity contribution in [3.05, 3.63) is 34.6 Å². The van der Waals surface area contributed by atoms with Crippen molar-refractivity contribution in [2.24, 2.45) is 17.8 Å². The summed E-state index contributed by atoms with van der Waals surface area (Å²) in [4.78, 5) is 0. The lowest BCUT2D eigenvalue weighted by Gasteiger charge is -2.20. The Kier molecular flexibility index (Phi) is 3.81. The minimum atomic E-state index is -0.301. The maximum atomic E-state index is 13.5. The summed E-state index contributed by atoms with van der Waals surface area (Å²) in [6.45, 7) is 3.10. The van der Waals surface area contributed by atoms with E-state index < -0.39 is 0 Å². The summed E-state index contributed by atoms with van der Waals surface area (Å²) in [5.74, 6) is 2.31. The summed E-state index contributed by atoms with van der Waals surface area (Å²) in [7, 11) is 0. The molecule has 1 nitrogen and oxygen atoms in total. The van der Waals surface area contributed by atoms with Gasteiger partial charge in [-0.1, -0.05) is 37.1 Å². The maximum absolute atomic E-state index is 13.5. The molecule has 3 atom stereocenters. The molecule has 0 bridgehead atoms. The standard InChI is InChI=1S/C16H21ClFN/c1-2-19-14(15-11-6-4-7-12(11)15)9-10-5-3-8-13(18)16(10)17/h3,5,8,11-12,14-15,19H,2,4,6-7,9H2,1H3. The van der Waals surface area contributed by atoms with E-state index in [4.69, 9.17) is 11.6 Å². The normalized spacial score (nSPS) is 30.2. The van der Waals surface area contributed by atoms with E-state index in [-0.39, 0.29) is 5.82 Å². The first-order valence-corrected chi connectivity index (χ1v) is 7.76. The summed E-state index contributed by atoms with van der Waals surface area (Å²) < 4.78 is 13.5. The molecule has 1 aromatic rings. The number of hydrogen-bond donors (Lipinski definition) is 1. The van der Waals surface area contributed by atoms with Crippen LogP contribution in [0.2, 0.25) is 5.02 Å². The smallest absolute Gasteiger partial charge is 0.142 e. The Balaban J connectivity index is 1.73. The SMILES string of the molecule is CCNC(Cc1cccc(F)c1Cl)C1C2CCCC21. The highest BCUT2D eigenvalue weighted by atomic mass is 35.5.